The Morgan fingerprint density at radius 2 is 2.10 bits per heavy atom. The molecule has 0 spiro atoms. The normalized spacial score (nSPS) is 25.6. The lowest BCUT2D eigenvalue weighted by atomic mass is 9.88. The van der Waals surface area contributed by atoms with E-state index in [1.165, 1.54) is 37.2 Å². The molecule has 2 aliphatic rings. The van der Waals surface area contributed by atoms with Gasteiger partial charge in [-0.15, -0.1) is 11.8 Å². The van der Waals surface area contributed by atoms with Gasteiger partial charge in [0.1, 0.15) is 0 Å². The number of thioether (sulfide) groups is 1. The van der Waals surface area contributed by atoms with E-state index in [1.807, 2.05) is 0 Å². The van der Waals surface area contributed by atoms with E-state index in [2.05, 4.69) is 60.1 Å². The maximum atomic E-state index is 3.60. The highest BCUT2D eigenvalue weighted by Gasteiger charge is 2.37. The maximum absolute atomic E-state index is 3.60. The Morgan fingerprint density at radius 3 is 2.85 bits per heavy atom. The van der Waals surface area contributed by atoms with Crippen LogP contribution in [-0.2, 0) is 6.42 Å². The van der Waals surface area contributed by atoms with Gasteiger partial charge in [0, 0.05) is 41.9 Å². The molecule has 0 amide bonds. The Kier molecular flexibility index (Phi) is 4.39. The molecule has 3 rings (SSSR count). The fourth-order valence-electron chi connectivity index (χ4n) is 3.72. The molecule has 0 bridgehead atoms. The van der Waals surface area contributed by atoms with Crippen molar-refractivity contribution in [3.8, 4) is 0 Å². The first-order valence-electron chi connectivity index (χ1n) is 7.98. The summed E-state index contributed by atoms with van der Waals surface area (Å²) in [6, 6.07) is 8.92. The van der Waals surface area contributed by atoms with Crippen LogP contribution in [0.4, 0.5) is 0 Å². The van der Waals surface area contributed by atoms with Crippen LogP contribution in [0.5, 0.6) is 0 Å². The van der Waals surface area contributed by atoms with Crippen LogP contribution in [0.25, 0.3) is 0 Å². The Morgan fingerprint density at radius 1 is 1.30 bits per heavy atom. The summed E-state index contributed by atoms with van der Waals surface area (Å²) in [6.07, 6.45) is 3.75. The predicted octanol–water partition coefficient (Wildman–Crippen LogP) is 3.17. The summed E-state index contributed by atoms with van der Waals surface area (Å²) in [5.41, 5.74) is 1.93. The number of benzene rings is 1. The molecule has 3 heteroatoms. The second kappa shape index (κ2) is 6.08. The van der Waals surface area contributed by atoms with Crippen LogP contribution in [0.2, 0.25) is 0 Å². The molecule has 1 fully saturated rings. The van der Waals surface area contributed by atoms with Crippen molar-refractivity contribution in [1.29, 1.82) is 0 Å². The maximum Gasteiger partial charge on any atom is 0.0329 e. The third-order valence-corrected chi connectivity index (χ3v) is 6.44. The van der Waals surface area contributed by atoms with Crippen molar-refractivity contribution in [1.82, 2.24) is 10.2 Å². The SMILES string of the molecule is CCC1(CC)CNCCN1CC1Cc2ccccc2S1. The molecule has 1 saturated heterocycles. The average Bonchev–Trinajstić information content (AvgIpc) is 2.90. The van der Waals surface area contributed by atoms with Crippen LogP contribution < -0.4 is 5.32 Å². The minimum atomic E-state index is 0.383. The van der Waals surface area contributed by atoms with E-state index < -0.39 is 0 Å². The smallest absolute Gasteiger partial charge is 0.0329 e. The number of rotatable bonds is 4. The minimum absolute atomic E-state index is 0.383. The number of fused-ring (bicyclic) bond motifs is 1. The number of hydrogen-bond donors (Lipinski definition) is 1. The van der Waals surface area contributed by atoms with Gasteiger partial charge in [0.2, 0.25) is 0 Å². The first-order valence-corrected chi connectivity index (χ1v) is 8.85. The molecule has 0 saturated carbocycles. The molecule has 2 aliphatic heterocycles. The van der Waals surface area contributed by atoms with Gasteiger partial charge in [-0.2, -0.15) is 0 Å². The van der Waals surface area contributed by atoms with Crippen molar-refractivity contribution in [2.24, 2.45) is 0 Å². The molecule has 1 aromatic carbocycles. The van der Waals surface area contributed by atoms with Gasteiger partial charge in [-0.3, -0.25) is 4.90 Å². The highest BCUT2D eigenvalue weighted by atomic mass is 32.2. The van der Waals surface area contributed by atoms with E-state index in [0.29, 0.717) is 5.54 Å². The first kappa shape index (κ1) is 14.4. The molecule has 1 unspecified atom stereocenters. The molecule has 1 atom stereocenters. The third-order valence-electron chi connectivity index (χ3n) is 5.14. The van der Waals surface area contributed by atoms with Gasteiger partial charge in [0.05, 0.1) is 0 Å². The lowest BCUT2D eigenvalue weighted by molar-refractivity contribution is 0.0529. The average molecular weight is 290 g/mol. The molecule has 1 N–H and O–H groups in total. The van der Waals surface area contributed by atoms with E-state index in [0.717, 1.165) is 18.3 Å². The predicted molar refractivity (Wildman–Crippen MR) is 87.5 cm³/mol. The Hall–Kier alpha value is -0.510. The van der Waals surface area contributed by atoms with Crippen LogP contribution in [0.1, 0.15) is 32.3 Å². The quantitative estimate of drug-likeness (QED) is 0.917. The van der Waals surface area contributed by atoms with Crippen molar-refractivity contribution in [3.63, 3.8) is 0 Å². The van der Waals surface area contributed by atoms with Gasteiger partial charge in [0.15, 0.2) is 0 Å². The van der Waals surface area contributed by atoms with Gasteiger partial charge in [0.25, 0.3) is 0 Å². The fourth-order valence-corrected chi connectivity index (χ4v) is 5.05. The number of nitrogens with one attached hydrogen (secondary N) is 1. The molecular weight excluding hydrogens is 264 g/mol. The van der Waals surface area contributed by atoms with Gasteiger partial charge in [-0.05, 0) is 30.9 Å². The minimum Gasteiger partial charge on any atom is -0.314 e. The monoisotopic (exact) mass is 290 g/mol. The van der Waals surface area contributed by atoms with Gasteiger partial charge in [-0.1, -0.05) is 32.0 Å². The zero-order valence-electron chi connectivity index (χ0n) is 12.7. The van der Waals surface area contributed by atoms with E-state index in [9.17, 15) is 0 Å². The highest BCUT2D eigenvalue weighted by molar-refractivity contribution is 8.00. The topological polar surface area (TPSA) is 15.3 Å². The summed E-state index contributed by atoms with van der Waals surface area (Å²) in [5, 5.41) is 4.34. The Labute approximate surface area is 127 Å². The summed E-state index contributed by atoms with van der Waals surface area (Å²) < 4.78 is 0. The summed E-state index contributed by atoms with van der Waals surface area (Å²) in [6.45, 7) is 9.44. The Bertz CT molecular complexity index is 431. The second-order valence-electron chi connectivity index (χ2n) is 6.11. The van der Waals surface area contributed by atoms with Crippen molar-refractivity contribution >= 4 is 11.8 Å². The molecule has 20 heavy (non-hydrogen) atoms. The second-order valence-corrected chi connectivity index (χ2v) is 7.45. The van der Waals surface area contributed by atoms with Crippen molar-refractivity contribution < 1.29 is 0 Å². The van der Waals surface area contributed by atoms with Crippen LogP contribution in [0.3, 0.4) is 0 Å². The standard InChI is InChI=1S/C17H26N2S/c1-3-17(4-2)13-18-9-10-19(17)12-15-11-14-7-5-6-8-16(14)20-15/h5-8,15,18H,3-4,9-13H2,1-2H3. The zero-order chi connectivity index (χ0) is 14.0. The number of hydrogen-bond acceptors (Lipinski definition) is 3. The summed E-state index contributed by atoms with van der Waals surface area (Å²) >= 11 is 2.09. The van der Waals surface area contributed by atoms with E-state index in [-0.39, 0.29) is 0 Å². The third kappa shape index (κ3) is 2.63. The highest BCUT2D eigenvalue weighted by Crippen LogP contribution is 2.38. The summed E-state index contributed by atoms with van der Waals surface area (Å²) in [7, 11) is 0. The summed E-state index contributed by atoms with van der Waals surface area (Å²) in [4.78, 5) is 4.28. The van der Waals surface area contributed by atoms with Gasteiger partial charge >= 0.3 is 0 Å². The lowest BCUT2D eigenvalue weighted by Crippen LogP contribution is -2.61. The fraction of sp³-hybridized carbons (Fsp3) is 0.647. The van der Waals surface area contributed by atoms with Crippen molar-refractivity contribution in [3.05, 3.63) is 29.8 Å². The first-order chi connectivity index (χ1) is 9.77. The van der Waals surface area contributed by atoms with Crippen LogP contribution in [-0.4, -0.2) is 41.9 Å². The molecule has 0 aliphatic carbocycles. The van der Waals surface area contributed by atoms with Crippen LogP contribution >= 0.6 is 11.8 Å². The van der Waals surface area contributed by atoms with E-state index >= 15 is 0 Å². The molecule has 1 aromatic rings. The molecular formula is C17H26N2S. The molecule has 0 radical (unpaired) electrons. The van der Waals surface area contributed by atoms with Gasteiger partial charge < -0.3 is 5.32 Å². The number of nitrogens with zero attached hydrogens (tertiary/aromatic N) is 1. The van der Waals surface area contributed by atoms with Crippen LogP contribution in [0, 0.1) is 0 Å². The molecule has 2 nitrogen and oxygen atoms in total. The molecule has 2 heterocycles. The van der Waals surface area contributed by atoms with E-state index in [4.69, 9.17) is 0 Å². The molecule has 0 aromatic heterocycles. The summed E-state index contributed by atoms with van der Waals surface area (Å²) in [5.74, 6) is 0. The van der Waals surface area contributed by atoms with Crippen molar-refractivity contribution in [2.45, 2.75) is 48.8 Å². The van der Waals surface area contributed by atoms with E-state index in [1.54, 1.807) is 5.56 Å². The zero-order valence-corrected chi connectivity index (χ0v) is 13.5. The van der Waals surface area contributed by atoms with Gasteiger partial charge in [-0.25, -0.2) is 0 Å². The number of piperazine rings is 1. The van der Waals surface area contributed by atoms with Crippen LogP contribution in [0.15, 0.2) is 29.2 Å². The Balaban J connectivity index is 1.68. The van der Waals surface area contributed by atoms with Crippen molar-refractivity contribution in [2.75, 3.05) is 26.2 Å². The molecule has 110 valence electrons. The lowest BCUT2D eigenvalue weighted by Gasteiger charge is -2.48. The largest absolute Gasteiger partial charge is 0.314 e.